The predicted molar refractivity (Wildman–Crippen MR) is 60.8 cm³/mol. The van der Waals surface area contributed by atoms with E-state index in [1.807, 2.05) is 0 Å². The lowest BCUT2D eigenvalue weighted by atomic mass is 10.1. The van der Waals surface area contributed by atoms with Crippen molar-refractivity contribution in [2.24, 2.45) is 0 Å². The topological polar surface area (TPSA) is 75.3 Å². The number of amides is 1. The lowest BCUT2D eigenvalue weighted by molar-refractivity contribution is -0.121. The Labute approximate surface area is 95.9 Å². The number of sulfone groups is 1. The van der Waals surface area contributed by atoms with Crippen molar-refractivity contribution in [3.05, 3.63) is 0 Å². The van der Waals surface area contributed by atoms with Gasteiger partial charge in [-0.15, -0.1) is 0 Å². The molecule has 5 nitrogen and oxygen atoms in total. The van der Waals surface area contributed by atoms with E-state index < -0.39 is 15.1 Å². The van der Waals surface area contributed by atoms with Crippen molar-refractivity contribution in [2.45, 2.75) is 37.0 Å². The lowest BCUT2D eigenvalue weighted by Crippen LogP contribution is -2.47. The summed E-state index contributed by atoms with van der Waals surface area (Å²) >= 11 is 0. The molecule has 92 valence electrons. The fourth-order valence-corrected chi connectivity index (χ4v) is 4.13. The smallest absolute Gasteiger partial charge is 0.238 e. The summed E-state index contributed by atoms with van der Waals surface area (Å²) in [7, 11) is -3.20. The molecule has 2 aliphatic heterocycles. The molecule has 0 spiro atoms. The highest BCUT2D eigenvalue weighted by Gasteiger charge is 2.35. The van der Waals surface area contributed by atoms with E-state index in [1.54, 1.807) is 0 Å². The second-order valence-electron chi connectivity index (χ2n) is 4.55. The van der Waals surface area contributed by atoms with Crippen LogP contribution in [0.3, 0.4) is 0 Å². The summed E-state index contributed by atoms with van der Waals surface area (Å²) in [6.45, 7) is 1.64. The molecule has 2 saturated heterocycles. The summed E-state index contributed by atoms with van der Waals surface area (Å²) in [5, 5.41) is 5.16. The molecule has 2 heterocycles. The molecule has 16 heavy (non-hydrogen) atoms. The van der Waals surface area contributed by atoms with E-state index in [0.29, 0.717) is 12.8 Å². The maximum Gasteiger partial charge on any atom is 0.238 e. The molecule has 6 heteroatoms. The van der Waals surface area contributed by atoms with Gasteiger partial charge in [0.1, 0.15) is 5.25 Å². The van der Waals surface area contributed by atoms with Crippen molar-refractivity contribution in [1.29, 1.82) is 0 Å². The molecule has 0 bridgehead atoms. The monoisotopic (exact) mass is 246 g/mol. The van der Waals surface area contributed by atoms with Crippen molar-refractivity contribution < 1.29 is 13.2 Å². The van der Waals surface area contributed by atoms with Gasteiger partial charge in [0.25, 0.3) is 0 Å². The molecular formula is C10H18N2O3S. The number of hydrogen-bond acceptors (Lipinski definition) is 4. The van der Waals surface area contributed by atoms with Gasteiger partial charge in [-0.2, -0.15) is 0 Å². The van der Waals surface area contributed by atoms with Crippen LogP contribution in [0.25, 0.3) is 0 Å². The molecule has 0 aromatic rings. The molecule has 2 fully saturated rings. The van der Waals surface area contributed by atoms with E-state index in [-0.39, 0.29) is 17.7 Å². The second-order valence-corrected chi connectivity index (χ2v) is 6.85. The van der Waals surface area contributed by atoms with Gasteiger partial charge in [-0.3, -0.25) is 4.79 Å². The Morgan fingerprint density at radius 3 is 2.69 bits per heavy atom. The first-order valence-electron chi connectivity index (χ1n) is 5.82. The molecule has 0 aromatic heterocycles. The molecular weight excluding hydrogens is 228 g/mol. The summed E-state index contributed by atoms with van der Waals surface area (Å²) in [5.41, 5.74) is 0. The SMILES string of the molecule is O=C(NC1CCNC1)C1CCCCS1(=O)=O. The van der Waals surface area contributed by atoms with E-state index in [9.17, 15) is 13.2 Å². The third-order valence-electron chi connectivity index (χ3n) is 3.28. The van der Waals surface area contributed by atoms with Crippen LogP contribution in [0.1, 0.15) is 25.7 Å². The summed E-state index contributed by atoms with van der Waals surface area (Å²) in [6, 6.07) is 0.102. The zero-order chi connectivity index (χ0) is 11.6. The highest BCUT2D eigenvalue weighted by atomic mass is 32.2. The standard InChI is InChI=1S/C10H18N2O3S/c13-10(12-8-4-5-11-7-8)9-3-1-2-6-16(9,14)15/h8-9,11H,1-7H2,(H,12,13). The van der Waals surface area contributed by atoms with Gasteiger partial charge in [-0.25, -0.2) is 8.42 Å². The van der Waals surface area contributed by atoms with Crippen molar-refractivity contribution in [3.8, 4) is 0 Å². The Morgan fingerprint density at radius 2 is 2.06 bits per heavy atom. The first-order chi connectivity index (χ1) is 7.59. The molecule has 0 aliphatic carbocycles. The Bertz CT molecular complexity index is 360. The van der Waals surface area contributed by atoms with Gasteiger partial charge in [-0.05, 0) is 25.8 Å². The van der Waals surface area contributed by atoms with Crippen molar-refractivity contribution >= 4 is 15.7 Å². The van der Waals surface area contributed by atoms with E-state index >= 15 is 0 Å². The van der Waals surface area contributed by atoms with Gasteiger partial charge in [0.15, 0.2) is 9.84 Å². The third kappa shape index (κ3) is 2.55. The summed E-state index contributed by atoms with van der Waals surface area (Å²) < 4.78 is 23.4. The highest BCUT2D eigenvalue weighted by molar-refractivity contribution is 7.92. The van der Waals surface area contributed by atoms with E-state index in [2.05, 4.69) is 10.6 Å². The number of nitrogens with one attached hydrogen (secondary N) is 2. The summed E-state index contributed by atoms with van der Waals surface area (Å²) in [5.74, 6) is -0.137. The fourth-order valence-electron chi connectivity index (χ4n) is 2.32. The van der Waals surface area contributed by atoms with Gasteiger partial charge >= 0.3 is 0 Å². The molecule has 2 N–H and O–H groups in total. The fraction of sp³-hybridized carbons (Fsp3) is 0.900. The summed E-state index contributed by atoms with van der Waals surface area (Å²) in [4.78, 5) is 11.9. The van der Waals surface area contributed by atoms with Crippen LogP contribution >= 0.6 is 0 Å². The third-order valence-corrected chi connectivity index (χ3v) is 5.45. The number of carbonyl (C=O) groups excluding carboxylic acids is 1. The van der Waals surface area contributed by atoms with Crippen LogP contribution in [0.2, 0.25) is 0 Å². The normalized spacial score (nSPS) is 33.5. The van der Waals surface area contributed by atoms with Crippen molar-refractivity contribution in [2.75, 3.05) is 18.8 Å². The quantitative estimate of drug-likeness (QED) is 0.684. The minimum Gasteiger partial charge on any atom is -0.351 e. The van der Waals surface area contributed by atoms with Crippen LogP contribution in [0.15, 0.2) is 0 Å². The van der Waals surface area contributed by atoms with Crippen LogP contribution in [-0.2, 0) is 14.6 Å². The minimum absolute atomic E-state index is 0.102. The molecule has 1 amide bonds. The first kappa shape index (κ1) is 11.9. The number of rotatable bonds is 2. The van der Waals surface area contributed by atoms with Gasteiger partial charge < -0.3 is 10.6 Å². The van der Waals surface area contributed by atoms with Gasteiger partial charge in [-0.1, -0.05) is 6.42 Å². The average molecular weight is 246 g/mol. The maximum atomic E-state index is 11.9. The highest BCUT2D eigenvalue weighted by Crippen LogP contribution is 2.19. The second kappa shape index (κ2) is 4.71. The zero-order valence-corrected chi connectivity index (χ0v) is 10.1. The van der Waals surface area contributed by atoms with Crippen LogP contribution in [0, 0.1) is 0 Å². The number of carbonyl (C=O) groups is 1. The average Bonchev–Trinajstić information content (AvgIpc) is 2.69. The molecule has 0 radical (unpaired) electrons. The van der Waals surface area contributed by atoms with Gasteiger partial charge in [0.05, 0.1) is 5.75 Å². The molecule has 2 atom stereocenters. The van der Waals surface area contributed by atoms with Crippen LogP contribution < -0.4 is 10.6 Å². The Balaban J connectivity index is 1.97. The number of hydrogen-bond donors (Lipinski definition) is 2. The summed E-state index contributed by atoms with van der Waals surface area (Å²) in [6.07, 6.45) is 2.89. The van der Waals surface area contributed by atoms with E-state index in [0.717, 1.165) is 25.9 Å². The molecule has 2 unspecified atom stereocenters. The van der Waals surface area contributed by atoms with E-state index in [1.165, 1.54) is 0 Å². The zero-order valence-electron chi connectivity index (χ0n) is 9.24. The largest absolute Gasteiger partial charge is 0.351 e. The van der Waals surface area contributed by atoms with Gasteiger partial charge in [0, 0.05) is 12.6 Å². The minimum atomic E-state index is -3.20. The molecule has 2 rings (SSSR count). The Kier molecular flexibility index (Phi) is 3.49. The molecule has 0 saturated carbocycles. The Morgan fingerprint density at radius 1 is 1.25 bits per heavy atom. The lowest BCUT2D eigenvalue weighted by Gasteiger charge is -2.23. The van der Waals surface area contributed by atoms with Gasteiger partial charge in [0.2, 0.25) is 5.91 Å². The molecule has 2 aliphatic rings. The van der Waals surface area contributed by atoms with E-state index in [4.69, 9.17) is 0 Å². The van der Waals surface area contributed by atoms with Crippen LogP contribution in [0.4, 0.5) is 0 Å². The van der Waals surface area contributed by atoms with Crippen LogP contribution in [0.5, 0.6) is 0 Å². The maximum absolute atomic E-state index is 11.9. The van der Waals surface area contributed by atoms with Crippen molar-refractivity contribution in [1.82, 2.24) is 10.6 Å². The van der Waals surface area contributed by atoms with Crippen molar-refractivity contribution in [3.63, 3.8) is 0 Å². The molecule has 0 aromatic carbocycles. The van der Waals surface area contributed by atoms with Crippen LogP contribution in [-0.4, -0.2) is 44.5 Å². The predicted octanol–water partition coefficient (Wildman–Crippen LogP) is -0.568. The first-order valence-corrected chi connectivity index (χ1v) is 7.54. The Hall–Kier alpha value is -0.620.